The molecule has 0 heterocycles. The molecule has 0 aliphatic heterocycles. The summed E-state index contributed by atoms with van der Waals surface area (Å²) in [5, 5.41) is 43.7. The fraction of sp³-hybridized carbons (Fsp3) is 0.103. The maximum Gasteiger partial charge on any atom is 0.203 e. The molecule has 0 radical (unpaired) electrons. The van der Waals surface area contributed by atoms with Gasteiger partial charge < -0.3 is 20.3 Å². The molecule has 12 nitrogen and oxygen atoms in total. The van der Waals surface area contributed by atoms with Gasteiger partial charge in [-0.3, -0.25) is 0 Å². The number of aryl methyl sites for hydroxylation is 1. The number of aromatic hydroxyl groups is 2. The molecule has 4 aromatic carbocycles. The number of nitrogens with one attached hydrogen (secondary N) is 1. The normalized spacial score (nSPS) is 12.2. The van der Waals surface area contributed by atoms with Crippen LogP contribution in [0.5, 0.6) is 17.2 Å². The van der Waals surface area contributed by atoms with E-state index in [1.165, 1.54) is 31.4 Å². The molecule has 4 aromatic rings. The van der Waals surface area contributed by atoms with Crippen LogP contribution in [0.2, 0.25) is 0 Å². The van der Waals surface area contributed by atoms with Crippen LogP contribution < -0.4 is 10.1 Å². The minimum absolute atomic E-state index is 0.0589. The molecule has 0 atom stereocenters. The fourth-order valence-electron chi connectivity index (χ4n) is 4.07. The number of sulfone groups is 2. The molecule has 0 saturated heterocycles. The number of hydrogen-bond donors (Lipinski definition) is 3. The fourth-order valence-corrected chi connectivity index (χ4v) is 5.74. The highest BCUT2D eigenvalue weighted by atomic mass is 32.2. The van der Waals surface area contributed by atoms with E-state index in [0.29, 0.717) is 33.4 Å². The van der Waals surface area contributed by atoms with E-state index in [1.807, 2.05) is 0 Å². The summed E-state index contributed by atoms with van der Waals surface area (Å²) >= 11 is 0. The Morgan fingerprint density at radius 2 is 1.42 bits per heavy atom. The summed E-state index contributed by atoms with van der Waals surface area (Å²) in [5.74, 6) is -0.777. The van der Waals surface area contributed by atoms with E-state index >= 15 is 0 Å². The van der Waals surface area contributed by atoms with E-state index in [-0.39, 0.29) is 32.7 Å². The van der Waals surface area contributed by atoms with E-state index in [2.05, 4.69) is 38.9 Å². The van der Waals surface area contributed by atoms with Crippen LogP contribution in [0.25, 0.3) is 10.8 Å². The molecule has 0 saturated carbocycles. The van der Waals surface area contributed by atoms with Crippen molar-refractivity contribution >= 4 is 58.9 Å². The van der Waals surface area contributed by atoms with Gasteiger partial charge in [-0.05, 0) is 55.0 Å². The molecule has 0 aliphatic carbocycles. The van der Waals surface area contributed by atoms with Crippen molar-refractivity contribution in [2.45, 2.75) is 16.7 Å². The number of hydrogen-bond acceptors (Lipinski definition) is 12. The number of azo groups is 2. The predicted octanol–water partition coefficient (Wildman–Crippen LogP) is 7.27. The van der Waals surface area contributed by atoms with Crippen molar-refractivity contribution in [1.82, 2.24) is 0 Å². The van der Waals surface area contributed by atoms with Gasteiger partial charge >= 0.3 is 0 Å². The summed E-state index contributed by atoms with van der Waals surface area (Å²) in [4.78, 5) is -0.193. The predicted molar refractivity (Wildman–Crippen MR) is 164 cm³/mol. The number of benzene rings is 4. The van der Waals surface area contributed by atoms with Gasteiger partial charge in [-0.25, -0.2) is 16.8 Å². The van der Waals surface area contributed by atoms with Gasteiger partial charge in [-0.15, -0.1) is 15.3 Å². The lowest BCUT2D eigenvalue weighted by Gasteiger charge is -2.11. The van der Waals surface area contributed by atoms with Crippen molar-refractivity contribution in [3.05, 3.63) is 84.1 Å². The van der Waals surface area contributed by atoms with Crippen molar-refractivity contribution in [1.29, 1.82) is 0 Å². The summed E-state index contributed by atoms with van der Waals surface area (Å²) in [6.07, 6.45) is 0. The topological polar surface area (TPSA) is 179 Å². The van der Waals surface area contributed by atoms with Crippen LogP contribution in [-0.4, -0.2) is 41.2 Å². The number of fused-ring (bicyclic) bond motifs is 1. The molecule has 4 rings (SSSR count). The molecule has 3 N–H and O–H groups in total. The lowest BCUT2D eigenvalue weighted by molar-refractivity contribution is 0.400. The van der Waals surface area contributed by atoms with E-state index in [9.17, 15) is 27.0 Å². The lowest BCUT2D eigenvalue weighted by Crippen LogP contribution is -1.99. The van der Waals surface area contributed by atoms with Gasteiger partial charge in [0.2, 0.25) is 9.84 Å². The quantitative estimate of drug-likeness (QED) is 0.155. The van der Waals surface area contributed by atoms with Crippen LogP contribution in [-0.2, 0) is 19.7 Å². The van der Waals surface area contributed by atoms with Gasteiger partial charge in [0.1, 0.15) is 33.5 Å². The van der Waals surface area contributed by atoms with Crippen LogP contribution in [0.3, 0.4) is 0 Å². The standard InChI is InChI=1S/C29H27N5O7S2/c1-6-42(37,38)18-8-11-21(17(3)14-18)31-34-28-19-9-13-23(29(36)20(19)10-12-22(28)30-4)32-33-24-15-26(41-5)27(16-25(24)35)43(39,40)7-2/h6-16,30,35-36H,1-2H2,3-5H3. The Morgan fingerprint density at radius 3 is 2.05 bits per heavy atom. The number of phenols is 2. The number of nitrogens with zero attached hydrogens (tertiary/aromatic N) is 4. The van der Waals surface area contributed by atoms with Gasteiger partial charge in [0.25, 0.3) is 0 Å². The third-order valence-corrected chi connectivity index (χ3v) is 9.14. The first kappa shape index (κ1) is 30.9. The maximum atomic E-state index is 12.2. The Kier molecular flexibility index (Phi) is 8.64. The molecule has 0 fully saturated rings. The first-order valence-corrected chi connectivity index (χ1v) is 15.5. The Balaban J connectivity index is 1.74. The molecule has 0 aliphatic rings. The van der Waals surface area contributed by atoms with Crippen molar-refractivity contribution in [3.8, 4) is 17.2 Å². The Bertz CT molecular complexity index is 2060. The average molecular weight is 622 g/mol. The average Bonchev–Trinajstić information content (AvgIpc) is 3.00. The van der Waals surface area contributed by atoms with Crippen molar-refractivity contribution in [2.24, 2.45) is 20.5 Å². The molecule has 0 bridgehead atoms. The number of phenolic OH excluding ortho intramolecular Hbond substituents is 2. The summed E-state index contributed by atoms with van der Waals surface area (Å²) in [6.45, 7) is 8.32. The monoisotopic (exact) mass is 621 g/mol. The second-order valence-electron chi connectivity index (χ2n) is 9.00. The molecule has 0 aromatic heterocycles. The Morgan fingerprint density at radius 1 is 0.791 bits per heavy atom. The Hall–Kier alpha value is -5.08. The maximum absolute atomic E-state index is 12.2. The highest BCUT2D eigenvalue weighted by Crippen LogP contribution is 2.44. The summed E-state index contributed by atoms with van der Waals surface area (Å²) in [7, 11) is -4.54. The summed E-state index contributed by atoms with van der Waals surface area (Å²) in [5.41, 5.74) is 2.00. The minimum Gasteiger partial charge on any atom is -0.506 e. The molecule has 43 heavy (non-hydrogen) atoms. The number of anilines is 1. The zero-order chi connectivity index (χ0) is 31.5. The van der Waals surface area contributed by atoms with Crippen LogP contribution in [0.1, 0.15) is 5.56 Å². The molecule has 0 spiro atoms. The van der Waals surface area contributed by atoms with Gasteiger partial charge in [-0.1, -0.05) is 13.2 Å². The molecular weight excluding hydrogens is 594 g/mol. The van der Waals surface area contributed by atoms with Crippen molar-refractivity contribution in [2.75, 3.05) is 19.5 Å². The summed E-state index contributed by atoms with van der Waals surface area (Å²) in [6, 6.07) is 13.1. The molecule has 0 amide bonds. The van der Waals surface area contributed by atoms with E-state index in [4.69, 9.17) is 4.74 Å². The third kappa shape index (κ3) is 6.10. The van der Waals surface area contributed by atoms with Crippen molar-refractivity contribution in [3.63, 3.8) is 0 Å². The molecular formula is C29H27N5O7S2. The first-order chi connectivity index (χ1) is 20.4. The van der Waals surface area contributed by atoms with Gasteiger partial charge in [0.05, 0.1) is 23.4 Å². The van der Waals surface area contributed by atoms with E-state index in [0.717, 1.165) is 16.9 Å². The van der Waals surface area contributed by atoms with Gasteiger partial charge in [0, 0.05) is 40.8 Å². The van der Waals surface area contributed by atoms with Crippen LogP contribution in [0, 0.1) is 6.92 Å². The first-order valence-electron chi connectivity index (χ1n) is 12.4. The van der Waals surface area contributed by atoms with E-state index in [1.54, 1.807) is 38.2 Å². The molecule has 222 valence electrons. The van der Waals surface area contributed by atoms with Crippen LogP contribution >= 0.6 is 0 Å². The van der Waals surface area contributed by atoms with Crippen LogP contribution in [0.15, 0.2) is 109 Å². The zero-order valence-electron chi connectivity index (χ0n) is 23.3. The largest absolute Gasteiger partial charge is 0.506 e. The number of rotatable bonds is 10. The van der Waals surface area contributed by atoms with Crippen molar-refractivity contribution < 1.29 is 31.8 Å². The second kappa shape index (κ2) is 12.0. The SMILES string of the molecule is C=CS(=O)(=O)c1ccc(N=Nc2c(NC)ccc3c(O)c(N=Nc4cc(OC)c(S(=O)(=O)C=C)cc4O)ccc23)c(C)c1. The number of ether oxygens (including phenoxy) is 1. The Labute approximate surface area is 248 Å². The van der Waals surface area contributed by atoms with Gasteiger partial charge in [-0.2, -0.15) is 5.11 Å². The molecule has 0 unspecified atom stereocenters. The highest BCUT2D eigenvalue weighted by molar-refractivity contribution is 7.94. The summed E-state index contributed by atoms with van der Waals surface area (Å²) < 4.78 is 53.8. The number of methoxy groups -OCH3 is 1. The second-order valence-corrected chi connectivity index (χ2v) is 12.8. The van der Waals surface area contributed by atoms with E-state index < -0.39 is 25.4 Å². The smallest absolute Gasteiger partial charge is 0.203 e. The third-order valence-electron chi connectivity index (χ3n) is 6.42. The highest BCUT2D eigenvalue weighted by Gasteiger charge is 2.20. The van der Waals surface area contributed by atoms with Crippen LogP contribution in [0.4, 0.5) is 28.4 Å². The molecule has 14 heteroatoms. The lowest BCUT2D eigenvalue weighted by atomic mass is 10.1. The zero-order valence-corrected chi connectivity index (χ0v) is 24.9. The minimum atomic E-state index is -3.91. The van der Waals surface area contributed by atoms with Gasteiger partial charge in [0.15, 0.2) is 15.6 Å².